The van der Waals surface area contributed by atoms with Crippen LogP contribution in [-0.2, 0) is 0 Å². The number of aromatic nitrogens is 2. The number of hydrogen-bond donors (Lipinski definition) is 0. The molecular formula is C15H16ClN3OS2. The van der Waals surface area contributed by atoms with E-state index in [4.69, 9.17) is 23.8 Å². The summed E-state index contributed by atoms with van der Waals surface area (Å²) in [5.74, 6) is 0. The predicted molar refractivity (Wildman–Crippen MR) is 96.2 cm³/mol. The van der Waals surface area contributed by atoms with E-state index in [-0.39, 0.29) is 10.6 Å². The van der Waals surface area contributed by atoms with E-state index in [1.165, 1.54) is 16.4 Å². The van der Waals surface area contributed by atoms with Crippen molar-refractivity contribution in [3.8, 4) is 5.69 Å². The number of para-hydroxylation sites is 1. The van der Waals surface area contributed by atoms with Gasteiger partial charge in [0.1, 0.15) is 9.34 Å². The molecule has 0 spiro atoms. The fraction of sp³-hybridized carbons (Fsp3) is 0.267. The van der Waals surface area contributed by atoms with Gasteiger partial charge in [-0.25, -0.2) is 0 Å². The van der Waals surface area contributed by atoms with Gasteiger partial charge in [0, 0.05) is 13.1 Å². The van der Waals surface area contributed by atoms with Crippen molar-refractivity contribution in [2.45, 2.75) is 18.7 Å². The van der Waals surface area contributed by atoms with Gasteiger partial charge >= 0.3 is 0 Å². The summed E-state index contributed by atoms with van der Waals surface area (Å²) in [6.45, 7) is 5.69. The minimum Gasteiger partial charge on any atom is -0.358 e. The van der Waals surface area contributed by atoms with Gasteiger partial charge in [-0.05, 0) is 26.0 Å². The first-order chi connectivity index (χ1) is 10.6. The van der Waals surface area contributed by atoms with Gasteiger partial charge in [-0.15, -0.1) is 0 Å². The summed E-state index contributed by atoms with van der Waals surface area (Å²) >= 11 is 12.9. The van der Waals surface area contributed by atoms with E-state index < -0.39 is 0 Å². The van der Waals surface area contributed by atoms with Crippen LogP contribution in [0.2, 0.25) is 5.02 Å². The molecule has 0 aliphatic rings. The molecule has 0 atom stereocenters. The van der Waals surface area contributed by atoms with Crippen LogP contribution in [0.5, 0.6) is 0 Å². The molecule has 1 aromatic heterocycles. The molecule has 1 aromatic carbocycles. The molecule has 0 bridgehead atoms. The Bertz CT molecular complexity index is 714. The van der Waals surface area contributed by atoms with Crippen LogP contribution < -0.4 is 5.56 Å². The van der Waals surface area contributed by atoms with Crippen molar-refractivity contribution in [3.63, 3.8) is 0 Å². The zero-order valence-electron chi connectivity index (χ0n) is 12.3. The standard InChI is InChI=1S/C15H16ClN3OS2/c1-3-18(4-2)15(21)22-12-10-17-19(14(20)13(12)16)11-8-6-5-7-9-11/h5-10H,3-4H2,1-2H3. The number of halogens is 1. The van der Waals surface area contributed by atoms with Crippen molar-refractivity contribution >= 4 is 39.9 Å². The molecule has 0 saturated heterocycles. The van der Waals surface area contributed by atoms with Crippen molar-refractivity contribution < 1.29 is 0 Å². The first kappa shape index (κ1) is 17.0. The summed E-state index contributed by atoms with van der Waals surface area (Å²) in [5, 5.41) is 4.33. The highest BCUT2D eigenvalue weighted by Crippen LogP contribution is 2.26. The molecular weight excluding hydrogens is 338 g/mol. The number of thiocarbonyl (C=S) groups is 1. The van der Waals surface area contributed by atoms with Crippen LogP contribution in [0.1, 0.15) is 13.8 Å². The third-order valence-corrected chi connectivity index (χ3v) is 5.05. The van der Waals surface area contributed by atoms with E-state index in [0.717, 1.165) is 13.1 Å². The Labute approximate surface area is 144 Å². The summed E-state index contributed by atoms with van der Waals surface area (Å²) in [6, 6.07) is 9.17. The van der Waals surface area contributed by atoms with Crippen LogP contribution in [0.25, 0.3) is 5.69 Å². The van der Waals surface area contributed by atoms with E-state index in [1.807, 2.05) is 36.9 Å². The van der Waals surface area contributed by atoms with Gasteiger partial charge in [0.25, 0.3) is 5.56 Å². The summed E-state index contributed by atoms with van der Waals surface area (Å²) in [5.41, 5.74) is 0.331. The van der Waals surface area contributed by atoms with Crippen molar-refractivity contribution in [1.82, 2.24) is 14.7 Å². The summed E-state index contributed by atoms with van der Waals surface area (Å²) in [4.78, 5) is 15.0. The van der Waals surface area contributed by atoms with Crippen LogP contribution >= 0.6 is 35.6 Å². The van der Waals surface area contributed by atoms with E-state index in [0.29, 0.717) is 14.9 Å². The first-order valence-electron chi connectivity index (χ1n) is 6.88. The maximum Gasteiger partial charge on any atom is 0.291 e. The first-order valence-corrected chi connectivity index (χ1v) is 8.48. The maximum absolute atomic E-state index is 12.4. The van der Waals surface area contributed by atoms with Crippen LogP contribution in [0, 0.1) is 0 Å². The highest BCUT2D eigenvalue weighted by molar-refractivity contribution is 8.23. The highest BCUT2D eigenvalue weighted by atomic mass is 35.5. The SMILES string of the molecule is CCN(CC)C(=S)Sc1cnn(-c2ccccc2)c(=O)c1Cl. The Kier molecular flexibility index (Phi) is 5.99. The van der Waals surface area contributed by atoms with Crippen molar-refractivity contribution in [1.29, 1.82) is 0 Å². The second-order valence-corrected chi connectivity index (χ2v) is 6.47. The zero-order chi connectivity index (χ0) is 16.1. The Morgan fingerprint density at radius 1 is 1.32 bits per heavy atom. The smallest absolute Gasteiger partial charge is 0.291 e. The molecule has 0 radical (unpaired) electrons. The molecule has 0 N–H and O–H groups in total. The van der Waals surface area contributed by atoms with Crippen LogP contribution in [0.15, 0.2) is 46.2 Å². The van der Waals surface area contributed by atoms with Gasteiger partial charge in [0.05, 0.1) is 16.8 Å². The Hall–Kier alpha value is -1.37. The molecule has 4 nitrogen and oxygen atoms in total. The normalized spacial score (nSPS) is 10.5. The van der Waals surface area contributed by atoms with Crippen molar-refractivity contribution in [3.05, 3.63) is 51.9 Å². The molecule has 22 heavy (non-hydrogen) atoms. The maximum atomic E-state index is 12.4. The Morgan fingerprint density at radius 2 is 1.95 bits per heavy atom. The van der Waals surface area contributed by atoms with Crippen LogP contribution in [0.4, 0.5) is 0 Å². The minimum atomic E-state index is -0.347. The fourth-order valence-corrected chi connectivity index (χ4v) is 3.51. The number of thioether (sulfide) groups is 1. The Balaban J connectivity index is 2.32. The van der Waals surface area contributed by atoms with Crippen molar-refractivity contribution in [2.24, 2.45) is 0 Å². The number of hydrogen-bond acceptors (Lipinski definition) is 4. The van der Waals surface area contributed by atoms with Crippen LogP contribution in [-0.4, -0.2) is 32.1 Å². The minimum absolute atomic E-state index is 0.137. The predicted octanol–water partition coefficient (Wildman–Crippen LogP) is 3.60. The van der Waals surface area contributed by atoms with Gasteiger partial charge < -0.3 is 4.90 Å². The van der Waals surface area contributed by atoms with Gasteiger partial charge in [-0.2, -0.15) is 9.78 Å². The third-order valence-electron chi connectivity index (χ3n) is 3.11. The average molecular weight is 354 g/mol. The highest BCUT2D eigenvalue weighted by Gasteiger charge is 2.15. The summed E-state index contributed by atoms with van der Waals surface area (Å²) < 4.78 is 1.97. The lowest BCUT2D eigenvalue weighted by molar-refractivity contribution is 0.482. The summed E-state index contributed by atoms with van der Waals surface area (Å²) in [7, 11) is 0. The molecule has 0 amide bonds. The molecule has 2 aromatic rings. The van der Waals surface area contributed by atoms with Crippen molar-refractivity contribution in [2.75, 3.05) is 13.1 Å². The largest absolute Gasteiger partial charge is 0.358 e. The molecule has 0 aliphatic carbocycles. The zero-order valence-corrected chi connectivity index (χ0v) is 14.7. The second kappa shape index (κ2) is 7.76. The lowest BCUT2D eigenvalue weighted by Gasteiger charge is -2.20. The van der Waals surface area contributed by atoms with Gasteiger partial charge in [-0.3, -0.25) is 4.79 Å². The topological polar surface area (TPSA) is 38.1 Å². The quantitative estimate of drug-likeness (QED) is 0.620. The molecule has 0 saturated carbocycles. The fourth-order valence-electron chi connectivity index (χ4n) is 1.88. The second-order valence-electron chi connectivity index (χ2n) is 4.42. The van der Waals surface area contributed by atoms with Gasteiger partial charge in [0.2, 0.25) is 0 Å². The monoisotopic (exact) mass is 353 g/mol. The Morgan fingerprint density at radius 3 is 2.55 bits per heavy atom. The molecule has 0 aliphatic heterocycles. The number of nitrogens with zero attached hydrogens (tertiary/aromatic N) is 3. The third kappa shape index (κ3) is 3.69. The molecule has 1 heterocycles. The number of rotatable bonds is 4. The molecule has 0 fully saturated rings. The average Bonchev–Trinajstić information content (AvgIpc) is 2.54. The lowest BCUT2D eigenvalue weighted by atomic mass is 10.3. The molecule has 0 unspecified atom stereocenters. The molecule has 7 heteroatoms. The van der Waals surface area contributed by atoms with E-state index >= 15 is 0 Å². The van der Waals surface area contributed by atoms with E-state index in [9.17, 15) is 4.79 Å². The summed E-state index contributed by atoms with van der Waals surface area (Å²) in [6.07, 6.45) is 1.58. The van der Waals surface area contributed by atoms with E-state index in [2.05, 4.69) is 5.10 Å². The van der Waals surface area contributed by atoms with Crippen LogP contribution in [0.3, 0.4) is 0 Å². The van der Waals surface area contributed by atoms with E-state index in [1.54, 1.807) is 18.3 Å². The van der Waals surface area contributed by atoms with Gasteiger partial charge in [0.15, 0.2) is 0 Å². The molecule has 116 valence electrons. The number of benzene rings is 1. The van der Waals surface area contributed by atoms with Gasteiger partial charge in [-0.1, -0.05) is 53.8 Å². The molecule has 2 rings (SSSR count). The lowest BCUT2D eigenvalue weighted by Crippen LogP contribution is -2.27.